The molecule has 0 spiro atoms. The zero-order valence-electron chi connectivity index (χ0n) is 14.3. The first-order valence-electron chi connectivity index (χ1n) is 8.48. The molecule has 0 saturated carbocycles. The number of halogens is 6. The van der Waals surface area contributed by atoms with Crippen molar-refractivity contribution in [1.29, 1.82) is 0 Å². The maximum atomic E-state index is 14.2. The third-order valence-electron chi connectivity index (χ3n) is 5.24. The van der Waals surface area contributed by atoms with Crippen LogP contribution in [-0.4, -0.2) is 11.9 Å². The second kappa shape index (κ2) is 7.10. The monoisotopic (exact) mass is 464 g/mol. The Hall–Kier alpha value is -0.920. The zero-order chi connectivity index (χ0) is 20.3. The molecule has 0 bridgehead atoms. The number of rotatable bonds is 2. The van der Waals surface area contributed by atoms with Crippen molar-refractivity contribution in [2.75, 3.05) is 0 Å². The molecule has 0 fully saturated rings. The molecule has 2 nitrogen and oxygen atoms in total. The Morgan fingerprint density at radius 3 is 2.43 bits per heavy atom. The van der Waals surface area contributed by atoms with Gasteiger partial charge in [0.15, 0.2) is 4.75 Å². The standard InChI is InChI=1S/C19H14Cl3F3N2S/c20-13-6-11(7-14(21)17(13)22)18(19(23,24)25)8-16(27-28-18)10-1-3-12-9(5-10)2-4-15(12)26/h1,3,5-7,15H,2,4,8,26H2/t15?,18-/m0/s1. The van der Waals surface area contributed by atoms with Gasteiger partial charge in [-0.3, -0.25) is 0 Å². The van der Waals surface area contributed by atoms with E-state index in [2.05, 4.69) is 4.40 Å². The Morgan fingerprint density at radius 1 is 1.11 bits per heavy atom. The van der Waals surface area contributed by atoms with Crippen molar-refractivity contribution in [3.8, 4) is 0 Å². The van der Waals surface area contributed by atoms with Crippen molar-refractivity contribution in [1.82, 2.24) is 0 Å². The highest BCUT2D eigenvalue weighted by Crippen LogP contribution is 2.57. The highest BCUT2D eigenvalue weighted by Gasteiger charge is 2.60. The van der Waals surface area contributed by atoms with Crippen molar-refractivity contribution in [3.05, 3.63) is 67.7 Å². The van der Waals surface area contributed by atoms with Gasteiger partial charge in [-0.15, -0.1) is 0 Å². The number of benzene rings is 2. The summed E-state index contributed by atoms with van der Waals surface area (Å²) in [5, 5.41) is -0.00905. The first kappa shape index (κ1) is 20.4. The van der Waals surface area contributed by atoms with Crippen LogP contribution in [0.1, 0.15) is 41.1 Å². The van der Waals surface area contributed by atoms with E-state index >= 15 is 0 Å². The number of nitrogens with two attached hydrogens (primary N) is 1. The molecule has 0 saturated heterocycles. The van der Waals surface area contributed by atoms with Gasteiger partial charge in [-0.2, -0.15) is 13.2 Å². The van der Waals surface area contributed by atoms with Crippen LogP contribution in [0.5, 0.6) is 0 Å². The molecule has 2 atom stereocenters. The van der Waals surface area contributed by atoms with Gasteiger partial charge in [0.25, 0.3) is 0 Å². The number of aryl methyl sites for hydroxylation is 1. The number of nitrogens with zero attached hydrogens (tertiary/aromatic N) is 1. The molecule has 1 aliphatic carbocycles. The quantitative estimate of drug-likeness (QED) is 0.387. The third kappa shape index (κ3) is 3.23. The smallest absolute Gasteiger partial charge is 0.324 e. The molecule has 0 amide bonds. The van der Waals surface area contributed by atoms with E-state index < -0.39 is 10.9 Å². The van der Waals surface area contributed by atoms with Gasteiger partial charge in [-0.25, -0.2) is 4.40 Å². The van der Waals surface area contributed by atoms with E-state index in [1.165, 1.54) is 12.1 Å². The molecule has 2 aliphatic rings. The molecule has 4 rings (SSSR count). The van der Waals surface area contributed by atoms with Gasteiger partial charge in [0.2, 0.25) is 0 Å². The first-order chi connectivity index (χ1) is 13.1. The fraction of sp³-hybridized carbons (Fsp3) is 0.316. The minimum atomic E-state index is -4.57. The van der Waals surface area contributed by atoms with E-state index in [0.29, 0.717) is 23.2 Å². The summed E-state index contributed by atoms with van der Waals surface area (Å²) in [6, 6.07) is 8.00. The van der Waals surface area contributed by atoms with Crippen molar-refractivity contribution in [2.45, 2.75) is 36.2 Å². The summed E-state index contributed by atoms with van der Waals surface area (Å²) in [4.78, 5) is 0. The molecule has 148 valence electrons. The van der Waals surface area contributed by atoms with E-state index in [4.69, 9.17) is 40.5 Å². The average molecular weight is 466 g/mol. The maximum absolute atomic E-state index is 14.2. The lowest BCUT2D eigenvalue weighted by Crippen LogP contribution is -2.38. The van der Waals surface area contributed by atoms with Crippen molar-refractivity contribution >= 4 is 52.5 Å². The Labute approximate surface area is 179 Å². The second-order valence-corrected chi connectivity index (χ2v) is 9.20. The van der Waals surface area contributed by atoms with Crippen LogP contribution in [0.2, 0.25) is 15.1 Å². The van der Waals surface area contributed by atoms with Gasteiger partial charge >= 0.3 is 6.18 Å². The summed E-state index contributed by atoms with van der Waals surface area (Å²) in [5.41, 5.74) is 9.16. The molecule has 0 aromatic heterocycles. The molecule has 9 heteroatoms. The van der Waals surface area contributed by atoms with Crippen LogP contribution in [0.15, 0.2) is 34.7 Å². The normalized spacial score (nSPS) is 24.4. The fourth-order valence-electron chi connectivity index (χ4n) is 3.68. The Morgan fingerprint density at radius 2 is 1.79 bits per heavy atom. The average Bonchev–Trinajstić information content (AvgIpc) is 3.24. The number of alkyl halides is 3. The van der Waals surface area contributed by atoms with E-state index in [1.54, 1.807) is 6.07 Å². The first-order valence-corrected chi connectivity index (χ1v) is 10.4. The SMILES string of the molecule is NC1CCc2cc(C3=NS[C@@](c4cc(Cl)c(Cl)c(Cl)c4)(C(F)(F)F)C3)ccc21. The minimum Gasteiger partial charge on any atom is -0.324 e. The van der Waals surface area contributed by atoms with Crippen LogP contribution in [0.25, 0.3) is 0 Å². The Kier molecular flexibility index (Phi) is 5.16. The molecule has 28 heavy (non-hydrogen) atoms. The summed E-state index contributed by atoms with van der Waals surface area (Å²) in [7, 11) is 0. The van der Waals surface area contributed by atoms with Crippen LogP contribution in [-0.2, 0) is 11.2 Å². The summed E-state index contributed by atoms with van der Waals surface area (Å²) in [5.74, 6) is 0. The number of fused-ring (bicyclic) bond motifs is 1. The van der Waals surface area contributed by atoms with E-state index in [1.807, 2.05) is 12.1 Å². The maximum Gasteiger partial charge on any atom is 0.409 e. The van der Waals surface area contributed by atoms with Crippen molar-refractivity contribution in [2.24, 2.45) is 10.1 Å². The highest BCUT2D eigenvalue weighted by atomic mass is 35.5. The zero-order valence-corrected chi connectivity index (χ0v) is 17.4. The predicted octanol–water partition coefficient (Wildman–Crippen LogP) is 6.89. The third-order valence-corrected chi connectivity index (χ3v) is 7.67. The van der Waals surface area contributed by atoms with E-state index in [-0.39, 0.29) is 33.1 Å². The van der Waals surface area contributed by atoms with E-state index in [0.717, 1.165) is 24.0 Å². The van der Waals surface area contributed by atoms with Gasteiger partial charge in [-0.05, 0) is 65.2 Å². The summed E-state index contributed by atoms with van der Waals surface area (Å²) < 4.78 is 44.5. The fourth-order valence-corrected chi connectivity index (χ4v) is 5.24. The number of hydrogen-bond acceptors (Lipinski definition) is 3. The lowest BCUT2D eigenvalue weighted by atomic mass is 9.89. The summed E-state index contributed by atoms with van der Waals surface area (Å²) in [6.07, 6.45) is -3.23. The van der Waals surface area contributed by atoms with Crippen LogP contribution in [0.4, 0.5) is 13.2 Å². The van der Waals surface area contributed by atoms with Gasteiger partial charge in [-0.1, -0.05) is 46.9 Å². The Balaban J connectivity index is 1.73. The highest BCUT2D eigenvalue weighted by molar-refractivity contribution is 7.99. The van der Waals surface area contributed by atoms with Crippen LogP contribution < -0.4 is 5.73 Å². The van der Waals surface area contributed by atoms with Gasteiger partial charge < -0.3 is 5.73 Å². The molecular weight excluding hydrogens is 452 g/mol. The second-order valence-electron chi connectivity index (χ2n) is 6.94. The summed E-state index contributed by atoms with van der Waals surface area (Å²) in [6.45, 7) is 0. The largest absolute Gasteiger partial charge is 0.409 e. The number of hydrogen-bond donors (Lipinski definition) is 1. The lowest BCUT2D eigenvalue weighted by molar-refractivity contribution is -0.159. The van der Waals surface area contributed by atoms with Gasteiger partial charge in [0.05, 0.1) is 20.8 Å². The molecule has 0 radical (unpaired) electrons. The van der Waals surface area contributed by atoms with Crippen LogP contribution in [0.3, 0.4) is 0 Å². The van der Waals surface area contributed by atoms with Crippen molar-refractivity contribution in [3.63, 3.8) is 0 Å². The molecule has 1 unspecified atom stereocenters. The molecule has 1 aliphatic heterocycles. The van der Waals surface area contributed by atoms with Crippen LogP contribution >= 0.6 is 46.8 Å². The van der Waals surface area contributed by atoms with Crippen LogP contribution in [0, 0.1) is 0 Å². The Bertz CT molecular complexity index is 970. The van der Waals surface area contributed by atoms with Gasteiger partial charge in [0, 0.05) is 12.5 Å². The minimum absolute atomic E-state index is 0.0171. The summed E-state index contributed by atoms with van der Waals surface area (Å²) >= 11 is 18.4. The predicted molar refractivity (Wildman–Crippen MR) is 110 cm³/mol. The molecule has 2 aromatic carbocycles. The van der Waals surface area contributed by atoms with E-state index in [9.17, 15) is 13.2 Å². The molecule has 1 heterocycles. The molecule has 2 aromatic rings. The molecular formula is C19H14Cl3F3N2S. The topological polar surface area (TPSA) is 38.4 Å². The molecule has 2 N–H and O–H groups in total. The van der Waals surface area contributed by atoms with Crippen molar-refractivity contribution < 1.29 is 13.2 Å². The van der Waals surface area contributed by atoms with Gasteiger partial charge in [0.1, 0.15) is 0 Å². The lowest BCUT2D eigenvalue weighted by Gasteiger charge is -2.30.